The minimum Gasteiger partial charge on any atom is -0.135 e. The molecule has 0 nitrogen and oxygen atoms in total. The number of benzene rings is 9. The zero-order chi connectivity index (χ0) is 37.2. The topological polar surface area (TPSA) is 0 Å². The molecule has 4 saturated carbocycles. The van der Waals surface area contributed by atoms with Crippen molar-refractivity contribution in [2.45, 2.75) is 38.0 Å². The van der Waals surface area contributed by atoms with Crippen LogP contribution in [0.4, 0.5) is 0 Å². The quantitative estimate of drug-likeness (QED) is 0.157. The van der Waals surface area contributed by atoms with Gasteiger partial charge in [0.1, 0.15) is 0 Å². The van der Waals surface area contributed by atoms with E-state index in [0.29, 0.717) is 5.92 Å². The minimum atomic E-state index is 0.680. The summed E-state index contributed by atoms with van der Waals surface area (Å²) >= 11 is 1.94. The van der Waals surface area contributed by atoms with Gasteiger partial charge >= 0.3 is 0 Å². The van der Waals surface area contributed by atoms with Gasteiger partial charge in [0.15, 0.2) is 0 Å². The third-order valence-corrected chi connectivity index (χ3v) is 15.7. The lowest BCUT2D eigenvalue weighted by atomic mass is 9.50. The van der Waals surface area contributed by atoms with E-state index in [4.69, 9.17) is 0 Å². The molecule has 10 aromatic rings. The van der Waals surface area contributed by atoms with E-state index in [1.54, 1.807) is 5.56 Å². The van der Waals surface area contributed by atoms with Crippen LogP contribution in [0.3, 0.4) is 0 Å². The summed E-state index contributed by atoms with van der Waals surface area (Å²) < 4.78 is 2.69. The van der Waals surface area contributed by atoms with Crippen molar-refractivity contribution in [3.63, 3.8) is 0 Å². The Balaban J connectivity index is 1.03. The Hall–Kier alpha value is -5.76. The van der Waals surface area contributed by atoms with Crippen molar-refractivity contribution in [2.75, 3.05) is 0 Å². The lowest BCUT2D eigenvalue weighted by molar-refractivity contribution is -0.00185. The van der Waals surface area contributed by atoms with E-state index in [2.05, 4.69) is 164 Å². The number of hydrogen-bond donors (Lipinski definition) is 0. The molecule has 272 valence electrons. The van der Waals surface area contributed by atoms with Crippen LogP contribution in [0.1, 0.15) is 43.6 Å². The van der Waals surface area contributed by atoms with E-state index >= 15 is 0 Å². The molecule has 0 saturated heterocycles. The largest absolute Gasteiger partial charge is 0.135 e. The molecule has 0 amide bonds. The summed E-state index contributed by atoms with van der Waals surface area (Å²) in [4.78, 5) is 0. The fourth-order valence-electron chi connectivity index (χ4n) is 12.8. The van der Waals surface area contributed by atoms with Gasteiger partial charge in [0.25, 0.3) is 0 Å². The average Bonchev–Trinajstić information content (AvgIpc) is 3.63. The number of thiophene rings is 1. The molecule has 1 heteroatoms. The lowest BCUT2D eigenvalue weighted by Gasteiger charge is -2.55. The molecule has 0 unspecified atom stereocenters. The Labute approximate surface area is 337 Å². The maximum Gasteiger partial charge on any atom is 0.0361 e. The first-order valence-electron chi connectivity index (χ1n) is 21.1. The van der Waals surface area contributed by atoms with Crippen LogP contribution >= 0.6 is 11.3 Å². The van der Waals surface area contributed by atoms with E-state index in [-0.39, 0.29) is 0 Å². The van der Waals surface area contributed by atoms with Crippen molar-refractivity contribution < 1.29 is 0 Å². The lowest BCUT2D eigenvalue weighted by Crippen LogP contribution is -2.43. The van der Waals surface area contributed by atoms with Gasteiger partial charge in [-0.3, -0.25) is 0 Å². The summed E-state index contributed by atoms with van der Waals surface area (Å²) in [6, 6.07) is 62.2. The Kier molecular flexibility index (Phi) is 7.02. The highest BCUT2D eigenvalue weighted by atomic mass is 32.1. The van der Waals surface area contributed by atoms with Gasteiger partial charge in [-0.1, -0.05) is 152 Å². The highest BCUT2D eigenvalue weighted by Crippen LogP contribution is 2.62. The predicted octanol–water partition coefficient (Wildman–Crippen LogP) is 16.2. The molecule has 0 atom stereocenters. The second-order valence-corrected chi connectivity index (χ2v) is 18.6. The molecular formula is C56H42S. The van der Waals surface area contributed by atoms with E-state index < -0.39 is 0 Å². The number of rotatable bonds is 4. The summed E-state index contributed by atoms with van der Waals surface area (Å²) in [5, 5.41) is 13.7. The molecular weight excluding hydrogens is 705 g/mol. The van der Waals surface area contributed by atoms with Crippen molar-refractivity contribution in [1.29, 1.82) is 0 Å². The summed E-state index contributed by atoms with van der Waals surface area (Å²) in [5.41, 5.74) is 9.58. The van der Waals surface area contributed by atoms with Gasteiger partial charge in [0.05, 0.1) is 0 Å². The standard InChI is InChI=1S/C56H42S/c1-2-13-35(14-3-1)52-39-15-4-8-19-43(39)54(44-20-9-5-16-40(44)52)48-23-12-24-49-55(48)47-26-25-36(32-50(47)57-49)53-41-17-6-10-21-45(41)56(46-22-11-7-18-42(46)53)51-37-28-33-27-34(30-37)31-38(51)29-33/h1-26,32-34,37-38,51H,27-31H2. The Bertz CT molecular complexity index is 3110. The van der Waals surface area contributed by atoms with Crippen LogP contribution in [-0.4, -0.2) is 0 Å². The zero-order valence-electron chi connectivity index (χ0n) is 31.9. The van der Waals surface area contributed by atoms with E-state index in [1.807, 2.05) is 11.3 Å². The van der Waals surface area contributed by atoms with Gasteiger partial charge in [-0.2, -0.15) is 0 Å². The van der Waals surface area contributed by atoms with Gasteiger partial charge in [0, 0.05) is 20.2 Å². The molecule has 1 aromatic heterocycles. The summed E-state index contributed by atoms with van der Waals surface area (Å²) in [5.74, 6) is 4.30. The average molecular weight is 747 g/mol. The maximum atomic E-state index is 2.51. The highest BCUT2D eigenvalue weighted by Gasteiger charge is 2.49. The fourth-order valence-corrected chi connectivity index (χ4v) is 13.9. The normalized spacial score (nSPS) is 21.5. The molecule has 14 rings (SSSR count). The van der Waals surface area contributed by atoms with Crippen molar-refractivity contribution in [1.82, 2.24) is 0 Å². The Morgan fingerprint density at radius 3 is 1.42 bits per heavy atom. The number of hydrogen-bond acceptors (Lipinski definition) is 1. The predicted molar refractivity (Wildman–Crippen MR) is 245 cm³/mol. The fraction of sp³-hybridized carbons (Fsp3) is 0.179. The molecule has 57 heavy (non-hydrogen) atoms. The van der Waals surface area contributed by atoms with Crippen molar-refractivity contribution in [3.8, 4) is 33.4 Å². The third kappa shape index (κ3) is 4.73. The monoisotopic (exact) mass is 746 g/mol. The van der Waals surface area contributed by atoms with Crippen LogP contribution in [0.2, 0.25) is 0 Å². The minimum absolute atomic E-state index is 0.680. The molecule has 4 aliphatic rings. The summed E-state index contributed by atoms with van der Waals surface area (Å²) in [6.07, 6.45) is 7.26. The van der Waals surface area contributed by atoms with E-state index in [9.17, 15) is 0 Å². The van der Waals surface area contributed by atoms with E-state index in [1.165, 1.54) is 129 Å². The van der Waals surface area contributed by atoms with Crippen LogP contribution in [-0.2, 0) is 0 Å². The maximum absolute atomic E-state index is 2.51. The van der Waals surface area contributed by atoms with Crippen molar-refractivity contribution in [2.24, 2.45) is 23.7 Å². The summed E-state index contributed by atoms with van der Waals surface area (Å²) in [7, 11) is 0. The first-order chi connectivity index (χ1) is 28.3. The Morgan fingerprint density at radius 1 is 0.351 bits per heavy atom. The molecule has 0 aliphatic heterocycles. The van der Waals surface area contributed by atoms with Crippen LogP contribution in [0.25, 0.3) is 96.6 Å². The highest BCUT2D eigenvalue weighted by molar-refractivity contribution is 7.26. The van der Waals surface area contributed by atoms with Gasteiger partial charge in [-0.15, -0.1) is 11.3 Å². The Morgan fingerprint density at radius 2 is 0.842 bits per heavy atom. The van der Waals surface area contributed by atoms with E-state index in [0.717, 1.165) is 23.7 Å². The molecule has 0 spiro atoms. The van der Waals surface area contributed by atoms with Crippen molar-refractivity contribution in [3.05, 3.63) is 169 Å². The number of fused-ring (bicyclic) bond motifs is 7. The SMILES string of the molecule is c1ccc(-c2c3ccccc3c(-c3cccc4sc5cc(-c6c7ccccc7c(C7C8CC9CC(C8)CC7C9)c7ccccc67)ccc5c34)c3ccccc23)cc1. The third-order valence-electron chi connectivity index (χ3n) is 14.6. The second-order valence-electron chi connectivity index (χ2n) is 17.5. The van der Waals surface area contributed by atoms with Crippen LogP contribution in [0.15, 0.2) is 164 Å². The van der Waals surface area contributed by atoms with Crippen LogP contribution < -0.4 is 0 Å². The van der Waals surface area contributed by atoms with Crippen molar-refractivity contribution >= 4 is 74.6 Å². The molecule has 9 aromatic carbocycles. The van der Waals surface area contributed by atoms with Gasteiger partial charge in [0.2, 0.25) is 0 Å². The van der Waals surface area contributed by atoms with Crippen LogP contribution in [0.5, 0.6) is 0 Å². The molecule has 0 N–H and O–H groups in total. The smallest absolute Gasteiger partial charge is 0.0361 e. The molecule has 4 fully saturated rings. The molecule has 0 radical (unpaired) electrons. The molecule has 4 aliphatic carbocycles. The molecule has 1 heterocycles. The first kappa shape index (κ1) is 32.3. The molecule has 4 bridgehead atoms. The van der Waals surface area contributed by atoms with Crippen LogP contribution in [0, 0.1) is 23.7 Å². The van der Waals surface area contributed by atoms with Gasteiger partial charge in [-0.25, -0.2) is 0 Å². The first-order valence-corrected chi connectivity index (χ1v) is 22.0. The zero-order valence-corrected chi connectivity index (χ0v) is 32.7. The van der Waals surface area contributed by atoms with Gasteiger partial charge in [-0.05, 0) is 156 Å². The van der Waals surface area contributed by atoms with Gasteiger partial charge < -0.3 is 0 Å². The second kappa shape index (κ2) is 12.4. The summed E-state index contributed by atoms with van der Waals surface area (Å²) in [6.45, 7) is 0.